The van der Waals surface area contributed by atoms with Crippen molar-refractivity contribution < 1.29 is 0 Å². The lowest BCUT2D eigenvalue weighted by Gasteiger charge is -2.12. The highest BCUT2D eigenvalue weighted by Gasteiger charge is 2.15. The maximum atomic E-state index is 13.0. The van der Waals surface area contributed by atoms with E-state index in [-0.39, 0.29) is 5.43 Å². The second-order valence-electron chi connectivity index (χ2n) is 5.98. The third-order valence-electron chi connectivity index (χ3n) is 4.26. The van der Waals surface area contributed by atoms with Gasteiger partial charge in [0, 0.05) is 11.9 Å². The Labute approximate surface area is 128 Å². The van der Waals surface area contributed by atoms with Crippen molar-refractivity contribution in [2.45, 2.75) is 6.42 Å². The van der Waals surface area contributed by atoms with Gasteiger partial charge in [-0.05, 0) is 44.3 Å². The van der Waals surface area contributed by atoms with Crippen LogP contribution in [0.25, 0.3) is 27.3 Å². The van der Waals surface area contributed by atoms with Gasteiger partial charge in [-0.2, -0.15) is 0 Å². The Kier molecular flexibility index (Phi) is 2.87. The van der Waals surface area contributed by atoms with Crippen molar-refractivity contribution in [3.05, 3.63) is 58.5 Å². The molecule has 0 fully saturated rings. The van der Waals surface area contributed by atoms with Crippen LogP contribution in [0.2, 0.25) is 0 Å². The van der Waals surface area contributed by atoms with Gasteiger partial charge >= 0.3 is 0 Å². The summed E-state index contributed by atoms with van der Waals surface area (Å²) < 4.78 is 2.04. The molecule has 0 atom stereocenters. The van der Waals surface area contributed by atoms with Crippen LogP contribution < -0.4 is 5.43 Å². The number of nitrogens with zero attached hydrogens (tertiary/aromatic N) is 3. The van der Waals surface area contributed by atoms with Crippen molar-refractivity contribution in [2.75, 3.05) is 20.6 Å². The summed E-state index contributed by atoms with van der Waals surface area (Å²) in [5, 5.41) is 1.57. The van der Waals surface area contributed by atoms with Gasteiger partial charge in [-0.15, -0.1) is 0 Å². The Hall–Kier alpha value is -2.46. The van der Waals surface area contributed by atoms with Crippen molar-refractivity contribution in [3.8, 4) is 0 Å². The summed E-state index contributed by atoms with van der Waals surface area (Å²) in [6.45, 7) is 0.918. The lowest BCUT2D eigenvalue weighted by Crippen LogP contribution is -2.16. The molecule has 0 radical (unpaired) electrons. The van der Waals surface area contributed by atoms with E-state index >= 15 is 0 Å². The average molecular weight is 291 g/mol. The minimum atomic E-state index is 0.114. The van der Waals surface area contributed by atoms with Crippen molar-refractivity contribution in [1.29, 1.82) is 0 Å². The minimum Gasteiger partial charge on any atom is -0.309 e. The summed E-state index contributed by atoms with van der Waals surface area (Å²) in [7, 11) is 4.09. The van der Waals surface area contributed by atoms with E-state index in [2.05, 4.69) is 9.88 Å². The number of imidazole rings is 1. The van der Waals surface area contributed by atoms with Crippen molar-refractivity contribution >= 4 is 27.3 Å². The van der Waals surface area contributed by atoms with Gasteiger partial charge in [0.1, 0.15) is 6.33 Å². The second-order valence-corrected chi connectivity index (χ2v) is 5.98. The summed E-state index contributed by atoms with van der Waals surface area (Å²) >= 11 is 0. The molecule has 22 heavy (non-hydrogen) atoms. The molecule has 0 N–H and O–H groups in total. The molecule has 0 saturated heterocycles. The third kappa shape index (κ3) is 1.81. The van der Waals surface area contributed by atoms with Gasteiger partial charge < -0.3 is 4.90 Å². The van der Waals surface area contributed by atoms with E-state index in [1.807, 2.05) is 61.2 Å². The summed E-state index contributed by atoms with van der Waals surface area (Å²) in [5.74, 6) is 0. The van der Waals surface area contributed by atoms with E-state index in [4.69, 9.17) is 0 Å². The van der Waals surface area contributed by atoms with Crippen LogP contribution in [-0.2, 0) is 6.42 Å². The molecule has 0 aliphatic heterocycles. The molecule has 0 aliphatic rings. The number of benzene rings is 2. The zero-order valence-electron chi connectivity index (χ0n) is 12.7. The monoisotopic (exact) mass is 291 g/mol. The molecule has 4 aromatic rings. The number of aromatic nitrogens is 2. The number of rotatable bonds is 3. The molecule has 0 aliphatic carbocycles. The minimum absolute atomic E-state index is 0.114. The van der Waals surface area contributed by atoms with Crippen molar-refractivity contribution in [2.24, 2.45) is 0 Å². The van der Waals surface area contributed by atoms with E-state index in [0.29, 0.717) is 0 Å². The summed E-state index contributed by atoms with van der Waals surface area (Å²) in [4.78, 5) is 19.6. The Morgan fingerprint density at radius 1 is 1.14 bits per heavy atom. The zero-order valence-corrected chi connectivity index (χ0v) is 12.7. The van der Waals surface area contributed by atoms with Crippen LogP contribution in [0.3, 0.4) is 0 Å². The first-order chi connectivity index (χ1) is 10.7. The van der Waals surface area contributed by atoms with E-state index in [9.17, 15) is 4.79 Å². The number of fused-ring (bicyclic) bond motifs is 2. The molecule has 0 bridgehead atoms. The lowest BCUT2D eigenvalue weighted by molar-refractivity contribution is 0.414. The Bertz CT molecular complexity index is 1030. The molecule has 0 spiro atoms. The molecule has 4 nitrogen and oxygen atoms in total. The predicted octanol–water partition coefficient (Wildman–Crippen LogP) is 2.54. The molecule has 2 heterocycles. The van der Waals surface area contributed by atoms with Gasteiger partial charge in [-0.25, -0.2) is 4.98 Å². The van der Waals surface area contributed by atoms with Crippen LogP contribution in [0, 0.1) is 0 Å². The molecule has 4 rings (SSSR count). The fourth-order valence-electron chi connectivity index (χ4n) is 3.15. The van der Waals surface area contributed by atoms with Crippen LogP contribution in [0.4, 0.5) is 0 Å². The maximum absolute atomic E-state index is 13.0. The molecular weight excluding hydrogens is 274 g/mol. The van der Waals surface area contributed by atoms with Gasteiger partial charge in [0.15, 0.2) is 5.43 Å². The van der Waals surface area contributed by atoms with E-state index in [1.165, 1.54) is 0 Å². The fourth-order valence-corrected chi connectivity index (χ4v) is 3.15. The first-order valence-corrected chi connectivity index (χ1v) is 7.44. The first kappa shape index (κ1) is 13.2. The smallest absolute Gasteiger partial charge is 0.197 e. The predicted molar refractivity (Wildman–Crippen MR) is 89.9 cm³/mol. The number of hydrogen-bond acceptors (Lipinski definition) is 3. The molecule has 0 saturated carbocycles. The highest BCUT2D eigenvalue weighted by Crippen LogP contribution is 2.25. The largest absolute Gasteiger partial charge is 0.309 e. The second kappa shape index (κ2) is 4.78. The summed E-state index contributed by atoms with van der Waals surface area (Å²) in [6.07, 6.45) is 2.67. The molecule has 0 unspecified atom stereocenters. The molecular formula is C18H17N3O. The number of para-hydroxylation sites is 1. The van der Waals surface area contributed by atoms with E-state index < -0.39 is 0 Å². The fraction of sp³-hybridized carbons (Fsp3) is 0.222. The number of hydrogen-bond donors (Lipinski definition) is 0. The summed E-state index contributed by atoms with van der Waals surface area (Å²) in [6, 6.07) is 11.8. The van der Waals surface area contributed by atoms with Gasteiger partial charge in [0.2, 0.25) is 0 Å². The third-order valence-corrected chi connectivity index (χ3v) is 4.26. The molecule has 110 valence electrons. The lowest BCUT2D eigenvalue weighted by atomic mass is 10.0. The first-order valence-electron chi connectivity index (χ1n) is 7.44. The highest BCUT2D eigenvalue weighted by atomic mass is 16.1. The highest BCUT2D eigenvalue weighted by molar-refractivity contribution is 6.02. The van der Waals surface area contributed by atoms with Crippen molar-refractivity contribution in [3.63, 3.8) is 0 Å². The van der Waals surface area contributed by atoms with Crippen LogP contribution in [0.15, 0.2) is 47.5 Å². The molecule has 2 aromatic heterocycles. The molecule has 0 amide bonds. The zero-order chi connectivity index (χ0) is 15.3. The standard InChI is InChI=1S/C18H17N3O/c1-20(2)10-9-12-7-8-14-17-16(12)18(22)13-5-3-4-6-15(13)21(17)11-19-14/h3-8,11H,9-10H2,1-2H3. The number of likely N-dealkylation sites (N-methyl/N-ethyl adjacent to an activating group) is 1. The van der Waals surface area contributed by atoms with Crippen LogP contribution >= 0.6 is 0 Å². The molecule has 2 aromatic carbocycles. The summed E-state index contributed by atoms with van der Waals surface area (Å²) in [5.41, 5.74) is 3.96. The van der Waals surface area contributed by atoms with E-state index in [1.54, 1.807) is 0 Å². The Balaban J connectivity index is 2.14. The van der Waals surface area contributed by atoms with E-state index in [0.717, 1.165) is 45.9 Å². The number of pyridine rings is 1. The average Bonchev–Trinajstić information content (AvgIpc) is 2.95. The normalized spacial score (nSPS) is 12.1. The van der Waals surface area contributed by atoms with Gasteiger partial charge in [-0.3, -0.25) is 9.20 Å². The van der Waals surface area contributed by atoms with Gasteiger partial charge in [0.25, 0.3) is 0 Å². The van der Waals surface area contributed by atoms with Crippen molar-refractivity contribution in [1.82, 2.24) is 14.3 Å². The van der Waals surface area contributed by atoms with Crippen LogP contribution in [0.1, 0.15) is 5.56 Å². The van der Waals surface area contributed by atoms with Gasteiger partial charge in [0.05, 0.1) is 21.9 Å². The maximum Gasteiger partial charge on any atom is 0.197 e. The Morgan fingerprint density at radius 2 is 1.95 bits per heavy atom. The topological polar surface area (TPSA) is 37.6 Å². The van der Waals surface area contributed by atoms with Gasteiger partial charge in [-0.1, -0.05) is 18.2 Å². The van der Waals surface area contributed by atoms with Crippen LogP contribution in [-0.4, -0.2) is 34.9 Å². The quantitative estimate of drug-likeness (QED) is 0.544. The van der Waals surface area contributed by atoms with Crippen LogP contribution in [0.5, 0.6) is 0 Å². The molecule has 4 heteroatoms. The SMILES string of the molecule is CN(C)CCc1ccc2ncn3c4ccccc4c(=O)c1c23. The Morgan fingerprint density at radius 3 is 2.77 bits per heavy atom.